The monoisotopic (exact) mass is 427 g/mol. The van der Waals surface area contributed by atoms with Crippen molar-refractivity contribution < 1.29 is 14.4 Å². The van der Waals surface area contributed by atoms with Crippen molar-refractivity contribution in [1.82, 2.24) is 4.90 Å². The summed E-state index contributed by atoms with van der Waals surface area (Å²) in [6, 6.07) is 25.2. The third kappa shape index (κ3) is 5.21. The molecular weight excluding hydrogens is 402 g/mol. The molecule has 4 rings (SSSR count). The maximum atomic E-state index is 12.8. The molecule has 0 saturated carbocycles. The third-order valence-electron chi connectivity index (χ3n) is 5.61. The van der Waals surface area contributed by atoms with E-state index in [4.69, 9.17) is 0 Å². The topological polar surface area (TPSA) is 78.5 Å². The summed E-state index contributed by atoms with van der Waals surface area (Å²) in [4.78, 5) is 39.6. The number of hydrogen-bond donors (Lipinski definition) is 2. The lowest BCUT2D eigenvalue weighted by molar-refractivity contribution is -0.121. The van der Waals surface area contributed by atoms with E-state index < -0.39 is 0 Å². The van der Waals surface area contributed by atoms with E-state index in [-0.39, 0.29) is 23.6 Å². The van der Waals surface area contributed by atoms with Crippen LogP contribution in [0.2, 0.25) is 0 Å². The molecule has 3 aromatic rings. The van der Waals surface area contributed by atoms with E-state index >= 15 is 0 Å². The fourth-order valence-corrected chi connectivity index (χ4v) is 3.81. The number of nitrogens with one attached hydrogen (secondary N) is 2. The van der Waals surface area contributed by atoms with Gasteiger partial charge in [0.15, 0.2) is 5.78 Å². The lowest BCUT2D eigenvalue weighted by atomic mass is 9.96. The molecule has 0 unspecified atom stereocenters. The number of amides is 3. The second-order valence-corrected chi connectivity index (χ2v) is 7.82. The van der Waals surface area contributed by atoms with Crippen LogP contribution in [0, 0.1) is 5.92 Å². The summed E-state index contributed by atoms with van der Waals surface area (Å²) in [6.45, 7) is 1.03. The van der Waals surface area contributed by atoms with Gasteiger partial charge in [0.2, 0.25) is 5.91 Å². The van der Waals surface area contributed by atoms with Gasteiger partial charge in [-0.15, -0.1) is 0 Å². The first kappa shape index (κ1) is 21.3. The molecule has 1 aliphatic rings. The number of para-hydroxylation sites is 1. The molecule has 162 valence electrons. The molecule has 0 aromatic heterocycles. The van der Waals surface area contributed by atoms with Gasteiger partial charge in [-0.2, -0.15) is 0 Å². The lowest BCUT2D eigenvalue weighted by Crippen LogP contribution is -2.43. The van der Waals surface area contributed by atoms with Gasteiger partial charge in [-0.25, -0.2) is 4.79 Å². The largest absolute Gasteiger partial charge is 0.326 e. The highest BCUT2D eigenvalue weighted by molar-refractivity contribution is 6.09. The fraction of sp³-hybridized carbons (Fsp3) is 0.192. The van der Waals surface area contributed by atoms with Crippen LogP contribution in [0.25, 0.3) is 0 Å². The average molecular weight is 428 g/mol. The minimum absolute atomic E-state index is 0.0839. The number of nitrogens with zero attached hydrogens (tertiary/aromatic N) is 1. The highest BCUT2D eigenvalue weighted by atomic mass is 16.2. The van der Waals surface area contributed by atoms with Gasteiger partial charge in [0.05, 0.1) is 0 Å². The Morgan fingerprint density at radius 2 is 1.28 bits per heavy atom. The summed E-state index contributed by atoms with van der Waals surface area (Å²) < 4.78 is 0. The van der Waals surface area contributed by atoms with Gasteiger partial charge in [0, 0.05) is 41.5 Å². The number of likely N-dealkylation sites (tertiary alicyclic amines) is 1. The maximum absolute atomic E-state index is 12.8. The Balaban J connectivity index is 1.31. The van der Waals surface area contributed by atoms with Gasteiger partial charge in [-0.05, 0) is 37.1 Å². The molecule has 1 saturated heterocycles. The van der Waals surface area contributed by atoms with Gasteiger partial charge in [-0.3, -0.25) is 9.59 Å². The zero-order valence-corrected chi connectivity index (χ0v) is 17.7. The summed E-state index contributed by atoms with van der Waals surface area (Å²) in [6.07, 6.45) is 1.19. The maximum Gasteiger partial charge on any atom is 0.321 e. The van der Waals surface area contributed by atoms with Gasteiger partial charge in [0.1, 0.15) is 0 Å². The standard InChI is InChI=1S/C26H25N3O3/c30-24(19-8-3-1-4-9-19)21-10-7-13-23(18-21)27-25(31)20-14-16-29(17-15-20)26(32)28-22-11-5-2-6-12-22/h1-13,18,20H,14-17H2,(H,27,31)(H,28,32). The number of piperidine rings is 1. The van der Waals surface area contributed by atoms with Crippen molar-refractivity contribution >= 4 is 29.1 Å². The Kier molecular flexibility index (Phi) is 6.60. The number of ketones is 1. The van der Waals surface area contributed by atoms with Crippen molar-refractivity contribution in [2.45, 2.75) is 12.8 Å². The summed E-state index contributed by atoms with van der Waals surface area (Å²) in [5.74, 6) is -0.346. The van der Waals surface area contributed by atoms with Crippen LogP contribution in [0.5, 0.6) is 0 Å². The second-order valence-electron chi connectivity index (χ2n) is 7.82. The minimum Gasteiger partial charge on any atom is -0.326 e. The van der Waals surface area contributed by atoms with E-state index in [1.54, 1.807) is 41.3 Å². The molecule has 3 aromatic carbocycles. The van der Waals surface area contributed by atoms with Gasteiger partial charge in [-0.1, -0.05) is 60.7 Å². The van der Waals surface area contributed by atoms with Gasteiger partial charge in [0.25, 0.3) is 0 Å². The van der Waals surface area contributed by atoms with Crippen LogP contribution in [0.3, 0.4) is 0 Å². The minimum atomic E-state index is -0.177. The van der Waals surface area contributed by atoms with E-state index in [1.807, 2.05) is 48.5 Å². The van der Waals surface area contributed by atoms with Crippen LogP contribution in [0.4, 0.5) is 16.2 Å². The normalized spacial score (nSPS) is 13.9. The smallest absolute Gasteiger partial charge is 0.321 e. The summed E-state index contributed by atoms with van der Waals surface area (Å²) in [7, 11) is 0. The number of hydrogen-bond acceptors (Lipinski definition) is 3. The molecule has 3 amide bonds. The highest BCUT2D eigenvalue weighted by Crippen LogP contribution is 2.21. The SMILES string of the molecule is O=C(c1ccccc1)c1cccc(NC(=O)C2CCN(C(=O)Nc3ccccc3)CC2)c1. The van der Waals surface area contributed by atoms with Crippen molar-refractivity contribution in [2.24, 2.45) is 5.92 Å². The molecule has 0 bridgehead atoms. The van der Waals surface area contributed by atoms with Crippen LogP contribution in [-0.4, -0.2) is 35.7 Å². The predicted octanol–water partition coefficient (Wildman–Crippen LogP) is 4.80. The number of benzene rings is 3. The van der Waals surface area contributed by atoms with Gasteiger partial charge < -0.3 is 15.5 Å². The average Bonchev–Trinajstić information content (AvgIpc) is 2.85. The molecule has 32 heavy (non-hydrogen) atoms. The first-order valence-electron chi connectivity index (χ1n) is 10.7. The summed E-state index contributed by atoms with van der Waals surface area (Å²) in [5, 5.41) is 5.81. The van der Waals surface area contributed by atoms with E-state index in [9.17, 15) is 14.4 Å². The molecule has 1 aliphatic heterocycles. The van der Waals surface area contributed by atoms with E-state index in [2.05, 4.69) is 10.6 Å². The molecule has 0 radical (unpaired) electrons. The molecule has 0 aliphatic carbocycles. The zero-order chi connectivity index (χ0) is 22.3. The van der Waals surface area contributed by atoms with Crippen LogP contribution in [-0.2, 0) is 4.79 Å². The summed E-state index contributed by atoms with van der Waals surface area (Å²) >= 11 is 0. The third-order valence-corrected chi connectivity index (χ3v) is 5.61. The molecule has 1 fully saturated rings. The second kappa shape index (κ2) is 9.92. The van der Waals surface area contributed by atoms with E-state index in [1.165, 1.54) is 0 Å². The molecule has 6 nitrogen and oxygen atoms in total. The summed E-state index contributed by atoms with van der Waals surface area (Å²) in [5.41, 5.74) is 2.49. The predicted molar refractivity (Wildman–Crippen MR) is 125 cm³/mol. The van der Waals surface area contributed by atoms with Crippen molar-refractivity contribution in [3.63, 3.8) is 0 Å². The number of anilines is 2. The number of urea groups is 1. The number of rotatable bonds is 5. The van der Waals surface area contributed by atoms with E-state index in [0.717, 1.165) is 5.69 Å². The molecule has 2 N–H and O–H groups in total. The Morgan fingerprint density at radius 1 is 0.688 bits per heavy atom. The Labute approximate surface area is 187 Å². The lowest BCUT2D eigenvalue weighted by Gasteiger charge is -2.31. The Hall–Kier alpha value is -3.93. The first-order valence-corrected chi connectivity index (χ1v) is 10.7. The van der Waals surface area contributed by atoms with Crippen molar-refractivity contribution in [2.75, 3.05) is 23.7 Å². The van der Waals surface area contributed by atoms with Crippen LogP contribution < -0.4 is 10.6 Å². The molecule has 0 atom stereocenters. The van der Waals surface area contributed by atoms with E-state index in [0.29, 0.717) is 42.7 Å². The Morgan fingerprint density at radius 3 is 1.97 bits per heavy atom. The number of carbonyl (C=O) groups excluding carboxylic acids is 3. The number of carbonyl (C=O) groups is 3. The quantitative estimate of drug-likeness (QED) is 0.574. The van der Waals surface area contributed by atoms with Crippen molar-refractivity contribution in [1.29, 1.82) is 0 Å². The molecule has 1 heterocycles. The molecule has 0 spiro atoms. The van der Waals surface area contributed by atoms with Crippen LogP contribution in [0.15, 0.2) is 84.9 Å². The molecule has 6 heteroatoms. The van der Waals surface area contributed by atoms with Gasteiger partial charge >= 0.3 is 6.03 Å². The Bertz CT molecular complexity index is 1090. The van der Waals surface area contributed by atoms with Crippen LogP contribution in [0.1, 0.15) is 28.8 Å². The van der Waals surface area contributed by atoms with Crippen molar-refractivity contribution in [3.8, 4) is 0 Å². The fourth-order valence-electron chi connectivity index (χ4n) is 3.81. The van der Waals surface area contributed by atoms with Crippen LogP contribution >= 0.6 is 0 Å². The zero-order valence-electron chi connectivity index (χ0n) is 17.7. The molecular formula is C26H25N3O3. The first-order chi connectivity index (χ1) is 15.6. The van der Waals surface area contributed by atoms with Crippen molar-refractivity contribution in [3.05, 3.63) is 96.1 Å². The highest BCUT2D eigenvalue weighted by Gasteiger charge is 2.27.